The zero-order valence-corrected chi connectivity index (χ0v) is 19.2. The van der Waals surface area contributed by atoms with Crippen LogP contribution in [-0.4, -0.2) is 41.2 Å². The van der Waals surface area contributed by atoms with E-state index in [1.54, 1.807) is 6.07 Å². The Morgan fingerprint density at radius 1 is 0.967 bits per heavy atom. The van der Waals surface area contributed by atoms with Crippen LogP contribution in [0.25, 0.3) is 0 Å². The van der Waals surface area contributed by atoms with Crippen LogP contribution in [0.3, 0.4) is 0 Å². The first-order chi connectivity index (χ1) is 14.2. The summed E-state index contributed by atoms with van der Waals surface area (Å²) in [7, 11) is 0. The van der Waals surface area contributed by atoms with E-state index < -0.39 is 6.29 Å². The van der Waals surface area contributed by atoms with E-state index in [-0.39, 0.29) is 11.8 Å². The highest BCUT2D eigenvalue weighted by Gasteiger charge is 2.23. The highest BCUT2D eigenvalue weighted by molar-refractivity contribution is 5.76. The van der Waals surface area contributed by atoms with Crippen LogP contribution in [-0.2, 0) is 0 Å². The van der Waals surface area contributed by atoms with E-state index in [1.165, 1.54) is 5.56 Å². The summed E-state index contributed by atoms with van der Waals surface area (Å²) in [6.07, 6.45) is 0.851. The van der Waals surface area contributed by atoms with Gasteiger partial charge in [0.1, 0.15) is 12.0 Å². The standard InChI is InChI=1S/C26H37NO3/c1-18(2)26(29)30-25-13-12-21(17-28)16-24(25)23(22-10-8-7-9-11-22)14-15-27(19(3)4)20(5)6/h7-13,16-20,23,26,29H,14-15H2,1-6H3. The average molecular weight is 412 g/mol. The average Bonchev–Trinajstić information content (AvgIpc) is 2.71. The molecule has 0 saturated heterocycles. The van der Waals surface area contributed by atoms with E-state index in [4.69, 9.17) is 4.74 Å². The molecule has 2 atom stereocenters. The smallest absolute Gasteiger partial charge is 0.199 e. The first kappa shape index (κ1) is 24.1. The summed E-state index contributed by atoms with van der Waals surface area (Å²) >= 11 is 0. The largest absolute Gasteiger partial charge is 0.465 e. The quantitative estimate of drug-likeness (QED) is 0.392. The molecule has 4 nitrogen and oxygen atoms in total. The lowest BCUT2D eigenvalue weighted by atomic mass is 9.86. The fourth-order valence-electron chi connectivity index (χ4n) is 3.86. The first-order valence-electron chi connectivity index (χ1n) is 11.0. The van der Waals surface area contributed by atoms with Crippen LogP contribution in [0.4, 0.5) is 0 Å². The number of nitrogens with zero attached hydrogens (tertiary/aromatic N) is 1. The van der Waals surface area contributed by atoms with Gasteiger partial charge >= 0.3 is 0 Å². The molecular formula is C26H37NO3. The second-order valence-electron chi connectivity index (χ2n) is 8.84. The van der Waals surface area contributed by atoms with Crippen molar-refractivity contribution in [2.45, 2.75) is 72.3 Å². The predicted molar refractivity (Wildman–Crippen MR) is 123 cm³/mol. The van der Waals surface area contributed by atoms with Crippen molar-refractivity contribution in [3.8, 4) is 5.75 Å². The maximum absolute atomic E-state index is 11.5. The SMILES string of the molecule is CC(C)C(O)Oc1ccc(C=O)cc1C(CCN(C(C)C)C(C)C)c1ccccc1. The van der Waals surface area contributed by atoms with Gasteiger partial charge < -0.3 is 9.84 Å². The Hall–Kier alpha value is -2.17. The van der Waals surface area contributed by atoms with Gasteiger partial charge in [-0.25, -0.2) is 0 Å². The van der Waals surface area contributed by atoms with Crippen LogP contribution in [0.5, 0.6) is 5.75 Å². The van der Waals surface area contributed by atoms with Crippen molar-refractivity contribution in [1.29, 1.82) is 0 Å². The molecule has 2 unspecified atom stereocenters. The maximum Gasteiger partial charge on any atom is 0.199 e. The second kappa shape index (κ2) is 11.3. The monoisotopic (exact) mass is 411 g/mol. The number of aldehydes is 1. The number of hydrogen-bond donors (Lipinski definition) is 1. The molecule has 2 aromatic carbocycles. The molecule has 0 aliphatic heterocycles. The number of aliphatic hydroxyl groups is 1. The summed E-state index contributed by atoms with van der Waals surface area (Å²) in [5.74, 6) is 0.660. The number of rotatable bonds is 11. The van der Waals surface area contributed by atoms with E-state index in [2.05, 4.69) is 44.7 Å². The molecule has 0 aromatic heterocycles. The summed E-state index contributed by atoms with van der Waals surface area (Å²) in [6.45, 7) is 13.6. The molecule has 4 heteroatoms. The third-order valence-corrected chi connectivity index (χ3v) is 5.57. The second-order valence-corrected chi connectivity index (χ2v) is 8.84. The summed E-state index contributed by atoms with van der Waals surface area (Å²) in [6, 6.07) is 16.7. The third kappa shape index (κ3) is 6.41. The lowest BCUT2D eigenvalue weighted by Gasteiger charge is -2.32. The number of benzene rings is 2. The topological polar surface area (TPSA) is 49.8 Å². The van der Waals surface area contributed by atoms with E-state index >= 15 is 0 Å². The molecule has 0 amide bonds. The Morgan fingerprint density at radius 2 is 1.60 bits per heavy atom. The molecule has 164 valence electrons. The van der Waals surface area contributed by atoms with E-state index in [0.717, 1.165) is 24.8 Å². The fourth-order valence-corrected chi connectivity index (χ4v) is 3.86. The number of ether oxygens (including phenoxy) is 1. The molecular weight excluding hydrogens is 374 g/mol. The predicted octanol–water partition coefficient (Wildman–Crippen LogP) is 5.49. The number of aliphatic hydroxyl groups excluding tert-OH is 1. The minimum Gasteiger partial charge on any atom is -0.465 e. The van der Waals surface area contributed by atoms with Crippen molar-refractivity contribution in [3.63, 3.8) is 0 Å². The van der Waals surface area contributed by atoms with Crippen molar-refractivity contribution < 1.29 is 14.6 Å². The fraction of sp³-hybridized carbons (Fsp3) is 0.500. The van der Waals surface area contributed by atoms with Gasteiger partial charge in [0, 0.05) is 35.0 Å². The molecule has 0 saturated carbocycles. The highest BCUT2D eigenvalue weighted by Crippen LogP contribution is 2.36. The van der Waals surface area contributed by atoms with Crippen molar-refractivity contribution in [1.82, 2.24) is 4.90 Å². The number of carbonyl (C=O) groups excluding carboxylic acids is 1. The summed E-state index contributed by atoms with van der Waals surface area (Å²) < 4.78 is 5.94. The summed E-state index contributed by atoms with van der Waals surface area (Å²) in [5, 5.41) is 10.3. The molecule has 0 bridgehead atoms. The van der Waals surface area contributed by atoms with Gasteiger partial charge in [0.25, 0.3) is 0 Å². The molecule has 1 N–H and O–H groups in total. The summed E-state index contributed by atoms with van der Waals surface area (Å²) in [4.78, 5) is 14.0. The third-order valence-electron chi connectivity index (χ3n) is 5.57. The van der Waals surface area contributed by atoms with Crippen LogP contribution >= 0.6 is 0 Å². The highest BCUT2D eigenvalue weighted by atomic mass is 16.6. The Bertz CT molecular complexity index is 778. The van der Waals surface area contributed by atoms with Crippen molar-refractivity contribution in [2.75, 3.05) is 6.54 Å². The van der Waals surface area contributed by atoms with Crippen molar-refractivity contribution in [3.05, 3.63) is 65.2 Å². The lowest BCUT2D eigenvalue weighted by Crippen LogP contribution is -2.38. The van der Waals surface area contributed by atoms with Gasteiger partial charge in [-0.2, -0.15) is 0 Å². The molecule has 2 rings (SSSR count). The Kier molecular flexibility index (Phi) is 9.07. The minimum atomic E-state index is -0.898. The molecule has 0 aliphatic rings. The van der Waals surface area contributed by atoms with Gasteiger partial charge in [0.05, 0.1) is 0 Å². The van der Waals surface area contributed by atoms with Gasteiger partial charge in [-0.3, -0.25) is 9.69 Å². The molecule has 0 fully saturated rings. The zero-order valence-electron chi connectivity index (χ0n) is 19.2. The maximum atomic E-state index is 11.5. The van der Waals surface area contributed by atoms with Crippen molar-refractivity contribution in [2.24, 2.45) is 5.92 Å². The van der Waals surface area contributed by atoms with Crippen LogP contribution in [0.1, 0.15) is 75.4 Å². The van der Waals surface area contributed by atoms with E-state index in [9.17, 15) is 9.90 Å². The zero-order chi connectivity index (χ0) is 22.3. The molecule has 2 aromatic rings. The van der Waals surface area contributed by atoms with Crippen molar-refractivity contribution >= 4 is 6.29 Å². The van der Waals surface area contributed by atoms with E-state index in [1.807, 2.05) is 44.2 Å². The minimum absolute atomic E-state index is 0.0313. The van der Waals surface area contributed by atoms with Gasteiger partial charge in [-0.05, 0) is 64.4 Å². The molecule has 30 heavy (non-hydrogen) atoms. The van der Waals surface area contributed by atoms with Crippen LogP contribution in [0, 0.1) is 5.92 Å². The summed E-state index contributed by atoms with van der Waals surface area (Å²) in [5.41, 5.74) is 2.73. The van der Waals surface area contributed by atoms with Gasteiger partial charge in [0.15, 0.2) is 6.29 Å². The van der Waals surface area contributed by atoms with E-state index in [0.29, 0.717) is 23.4 Å². The lowest BCUT2D eigenvalue weighted by molar-refractivity contribution is -0.0522. The normalized spacial score (nSPS) is 13.8. The number of hydrogen-bond acceptors (Lipinski definition) is 4. The van der Waals surface area contributed by atoms with Gasteiger partial charge in [-0.1, -0.05) is 44.2 Å². The molecule has 0 heterocycles. The Balaban J connectivity index is 2.48. The van der Waals surface area contributed by atoms with Crippen LogP contribution in [0.15, 0.2) is 48.5 Å². The molecule has 0 aliphatic carbocycles. The Labute approximate surface area is 181 Å². The van der Waals surface area contributed by atoms with Crippen LogP contribution in [0.2, 0.25) is 0 Å². The molecule has 0 spiro atoms. The molecule has 0 radical (unpaired) electrons. The Morgan fingerprint density at radius 3 is 2.13 bits per heavy atom. The first-order valence-corrected chi connectivity index (χ1v) is 11.0. The van der Waals surface area contributed by atoms with Gasteiger partial charge in [0.2, 0.25) is 0 Å². The number of carbonyl (C=O) groups is 1. The van der Waals surface area contributed by atoms with Crippen LogP contribution < -0.4 is 4.74 Å². The van der Waals surface area contributed by atoms with Gasteiger partial charge in [-0.15, -0.1) is 0 Å².